The summed E-state index contributed by atoms with van der Waals surface area (Å²) in [5.74, 6) is 0. The van der Waals surface area contributed by atoms with Gasteiger partial charge in [0.2, 0.25) is 0 Å². The lowest BCUT2D eigenvalue weighted by atomic mass is 9.99. The average molecular weight is 351 g/mol. The van der Waals surface area contributed by atoms with E-state index in [-0.39, 0.29) is 0 Å². The van der Waals surface area contributed by atoms with Crippen LogP contribution in [0.3, 0.4) is 0 Å². The molecule has 3 aromatic rings. The van der Waals surface area contributed by atoms with Crippen LogP contribution in [0.4, 0.5) is 0 Å². The summed E-state index contributed by atoms with van der Waals surface area (Å²) in [4.78, 5) is 0.290. The second kappa shape index (κ2) is 7.21. The van der Waals surface area contributed by atoms with Crippen LogP contribution in [0.5, 0.6) is 0 Å². The fraction of sp³-hybridized carbons (Fsp3) is 0.143. The molecule has 0 aliphatic carbocycles. The van der Waals surface area contributed by atoms with Crippen LogP contribution >= 0.6 is 0 Å². The second-order valence-electron chi connectivity index (χ2n) is 6.13. The number of hydrogen-bond donors (Lipinski definition) is 1. The summed E-state index contributed by atoms with van der Waals surface area (Å²) in [6.07, 6.45) is 0. The average Bonchev–Trinajstić information content (AvgIpc) is 2.63. The van der Waals surface area contributed by atoms with Gasteiger partial charge in [0.15, 0.2) is 9.84 Å². The van der Waals surface area contributed by atoms with Crippen molar-refractivity contribution >= 4 is 9.84 Å². The summed E-state index contributed by atoms with van der Waals surface area (Å²) in [7, 11) is -3.64. The van der Waals surface area contributed by atoms with Crippen molar-refractivity contribution in [3.63, 3.8) is 0 Å². The van der Waals surface area contributed by atoms with Gasteiger partial charge in [-0.1, -0.05) is 78.4 Å². The first-order valence-electron chi connectivity index (χ1n) is 8.16. The lowest BCUT2D eigenvalue weighted by Gasteiger charge is -2.25. The summed E-state index contributed by atoms with van der Waals surface area (Å²) < 4.78 is 26.8. The minimum absolute atomic E-state index is 0.290. The molecular formula is C21H21NO2S. The normalized spacial score (nSPS) is 14.0. The second-order valence-corrected chi connectivity index (χ2v) is 8.20. The number of hydrogen-bond acceptors (Lipinski definition) is 3. The molecule has 0 fully saturated rings. The van der Waals surface area contributed by atoms with Gasteiger partial charge >= 0.3 is 0 Å². The zero-order chi connectivity index (χ0) is 17.9. The number of sulfone groups is 1. The van der Waals surface area contributed by atoms with Crippen LogP contribution in [0.15, 0.2) is 89.8 Å². The van der Waals surface area contributed by atoms with Gasteiger partial charge in [0.05, 0.1) is 10.9 Å². The Morgan fingerprint density at radius 2 is 1.20 bits per heavy atom. The fourth-order valence-corrected chi connectivity index (χ4v) is 4.81. The molecule has 4 heteroatoms. The van der Waals surface area contributed by atoms with E-state index in [1.807, 2.05) is 79.7 Å². The molecule has 3 nitrogen and oxygen atoms in total. The lowest BCUT2D eigenvalue weighted by Crippen LogP contribution is -2.27. The van der Waals surface area contributed by atoms with Gasteiger partial charge < -0.3 is 5.73 Å². The van der Waals surface area contributed by atoms with E-state index in [1.165, 1.54) is 0 Å². The largest absolute Gasteiger partial charge is 0.323 e. The Balaban J connectivity index is 2.13. The van der Waals surface area contributed by atoms with E-state index in [9.17, 15) is 8.42 Å². The highest BCUT2D eigenvalue weighted by atomic mass is 32.2. The Bertz CT molecular complexity index is 921. The molecule has 0 aliphatic rings. The minimum atomic E-state index is -3.64. The van der Waals surface area contributed by atoms with Crippen LogP contribution < -0.4 is 5.73 Å². The Labute approximate surface area is 149 Å². The van der Waals surface area contributed by atoms with Gasteiger partial charge in [0.1, 0.15) is 5.25 Å². The third-order valence-corrected chi connectivity index (χ3v) is 6.49. The minimum Gasteiger partial charge on any atom is -0.323 e. The maximum Gasteiger partial charge on any atom is 0.187 e. The zero-order valence-corrected chi connectivity index (χ0v) is 14.9. The molecule has 0 aliphatic heterocycles. The lowest BCUT2D eigenvalue weighted by molar-refractivity contribution is 0.561. The van der Waals surface area contributed by atoms with Crippen LogP contribution in [0, 0.1) is 6.92 Å². The topological polar surface area (TPSA) is 60.2 Å². The standard InChI is InChI=1S/C21H21NO2S/c1-16-12-14-19(15-13-16)25(23,24)21(18-10-6-3-7-11-18)20(22)17-8-4-2-5-9-17/h2-15,20-21H,22H2,1H3/t20-,21-/m0/s1. The highest BCUT2D eigenvalue weighted by molar-refractivity contribution is 7.91. The van der Waals surface area contributed by atoms with Gasteiger partial charge in [-0.2, -0.15) is 0 Å². The molecule has 0 amide bonds. The number of aryl methyl sites for hydroxylation is 1. The van der Waals surface area contributed by atoms with Gasteiger partial charge in [-0.25, -0.2) is 8.42 Å². The van der Waals surface area contributed by atoms with E-state index in [0.29, 0.717) is 10.5 Å². The van der Waals surface area contributed by atoms with Crippen LogP contribution in [-0.4, -0.2) is 8.42 Å². The van der Waals surface area contributed by atoms with Crippen molar-refractivity contribution in [3.8, 4) is 0 Å². The Morgan fingerprint density at radius 3 is 1.72 bits per heavy atom. The molecule has 0 unspecified atom stereocenters. The zero-order valence-electron chi connectivity index (χ0n) is 14.0. The van der Waals surface area contributed by atoms with E-state index < -0.39 is 21.1 Å². The molecule has 25 heavy (non-hydrogen) atoms. The summed E-state index contributed by atoms with van der Waals surface area (Å²) >= 11 is 0. The molecule has 0 saturated carbocycles. The van der Waals surface area contributed by atoms with Gasteiger partial charge in [-0.05, 0) is 30.2 Å². The highest BCUT2D eigenvalue weighted by Gasteiger charge is 2.35. The molecule has 2 atom stereocenters. The molecule has 0 heterocycles. The Morgan fingerprint density at radius 1 is 0.720 bits per heavy atom. The number of benzene rings is 3. The predicted octanol–water partition coefficient (Wildman–Crippen LogP) is 4.21. The Kier molecular flexibility index (Phi) is 5.02. The van der Waals surface area contributed by atoms with Gasteiger partial charge in [-0.15, -0.1) is 0 Å². The fourth-order valence-electron chi connectivity index (χ4n) is 2.95. The van der Waals surface area contributed by atoms with Crippen molar-refractivity contribution < 1.29 is 8.42 Å². The van der Waals surface area contributed by atoms with Crippen LogP contribution in [0.25, 0.3) is 0 Å². The van der Waals surface area contributed by atoms with Crippen molar-refractivity contribution in [1.82, 2.24) is 0 Å². The van der Waals surface area contributed by atoms with Crippen molar-refractivity contribution in [3.05, 3.63) is 102 Å². The van der Waals surface area contributed by atoms with Crippen LogP contribution in [-0.2, 0) is 9.84 Å². The van der Waals surface area contributed by atoms with E-state index in [4.69, 9.17) is 5.73 Å². The number of nitrogens with two attached hydrogens (primary N) is 1. The third kappa shape index (κ3) is 3.65. The summed E-state index contributed by atoms with van der Waals surface area (Å²) in [5, 5.41) is -0.848. The molecule has 3 aromatic carbocycles. The molecular weight excluding hydrogens is 330 g/mol. The maximum absolute atomic E-state index is 13.4. The first-order valence-corrected chi connectivity index (χ1v) is 9.71. The van der Waals surface area contributed by atoms with E-state index >= 15 is 0 Å². The molecule has 0 saturated heterocycles. The SMILES string of the molecule is Cc1ccc(S(=O)(=O)[C@@H](c2ccccc2)[C@@H](N)c2ccccc2)cc1. The molecule has 3 rings (SSSR count). The quantitative estimate of drug-likeness (QED) is 0.749. The summed E-state index contributed by atoms with van der Waals surface area (Å²) in [5.41, 5.74) is 8.95. The molecule has 0 bridgehead atoms. The van der Waals surface area contributed by atoms with Crippen LogP contribution in [0.2, 0.25) is 0 Å². The van der Waals surface area contributed by atoms with E-state index in [2.05, 4.69) is 0 Å². The number of rotatable bonds is 5. The third-order valence-electron chi connectivity index (χ3n) is 4.32. The Hall–Kier alpha value is -2.43. The van der Waals surface area contributed by atoms with Crippen molar-refractivity contribution in [2.24, 2.45) is 5.73 Å². The molecule has 0 aromatic heterocycles. The first kappa shape index (κ1) is 17.4. The highest BCUT2D eigenvalue weighted by Crippen LogP contribution is 2.37. The van der Waals surface area contributed by atoms with Crippen molar-refractivity contribution in [2.45, 2.75) is 23.1 Å². The van der Waals surface area contributed by atoms with Crippen molar-refractivity contribution in [1.29, 1.82) is 0 Å². The molecule has 0 spiro atoms. The van der Waals surface area contributed by atoms with E-state index in [1.54, 1.807) is 12.1 Å². The molecule has 128 valence electrons. The maximum atomic E-state index is 13.4. The van der Waals surface area contributed by atoms with Gasteiger partial charge in [-0.3, -0.25) is 0 Å². The van der Waals surface area contributed by atoms with Gasteiger partial charge in [0.25, 0.3) is 0 Å². The van der Waals surface area contributed by atoms with Crippen LogP contribution in [0.1, 0.15) is 28.0 Å². The van der Waals surface area contributed by atoms with E-state index in [0.717, 1.165) is 11.1 Å². The summed E-state index contributed by atoms with van der Waals surface area (Å²) in [6, 6.07) is 24.8. The predicted molar refractivity (Wildman–Crippen MR) is 101 cm³/mol. The molecule has 0 radical (unpaired) electrons. The van der Waals surface area contributed by atoms with Crippen molar-refractivity contribution in [2.75, 3.05) is 0 Å². The molecule has 2 N–H and O–H groups in total. The smallest absolute Gasteiger partial charge is 0.187 e. The summed E-state index contributed by atoms with van der Waals surface area (Å²) in [6.45, 7) is 1.93. The van der Waals surface area contributed by atoms with Gasteiger partial charge in [0, 0.05) is 0 Å². The first-order chi connectivity index (χ1) is 12.0. The monoisotopic (exact) mass is 351 g/mol.